The first-order chi connectivity index (χ1) is 9.01. The minimum atomic E-state index is -0.670. The van der Waals surface area contributed by atoms with Gasteiger partial charge in [0.2, 0.25) is 0 Å². The number of hydrogen-bond donors (Lipinski definition) is 2. The summed E-state index contributed by atoms with van der Waals surface area (Å²) in [7, 11) is 1.44. The van der Waals surface area contributed by atoms with Gasteiger partial charge in [-0.15, -0.1) is 0 Å². The Labute approximate surface area is 127 Å². The molecule has 104 valence electrons. The number of amides is 1. The fourth-order valence-electron chi connectivity index (χ4n) is 1.20. The lowest BCUT2D eigenvalue weighted by Gasteiger charge is -2.09. The first kappa shape index (κ1) is 15.8. The number of halogens is 2. The van der Waals surface area contributed by atoms with Crippen molar-refractivity contribution in [1.29, 1.82) is 0 Å². The smallest absolute Gasteiger partial charge is 0.427 e. The van der Waals surface area contributed by atoms with Gasteiger partial charge in [0.25, 0.3) is 0 Å². The largest absolute Gasteiger partial charge is 0.504 e. The molecular weight excluding hydrogens is 384 g/mol. The molecule has 0 aliphatic heterocycles. The van der Waals surface area contributed by atoms with Gasteiger partial charge in [-0.1, -0.05) is 0 Å². The lowest BCUT2D eigenvalue weighted by molar-refractivity contribution is 0.152. The summed E-state index contributed by atoms with van der Waals surface area (Å²) in [4.78, 5) is 11.0. The molecule has 0 radical (unpaired) electrons. The van der Waals surface area contributed by atoms with E-state index in [-0.39, 0.29) is 18.1 Å². The summed E-state index contributed by atoms with van der Waals surface area (Å²) in [5, 5.41) is 13.6. The van der Waals surface area contributed by atoms with Crippen LogP contribution in [-0.2, 0) is 4.74 Å². The number of nitrogens with one attached hydrogen (secondary N) is 1. The van der Waals surface area contributed by atoms with Crippen molar-refractivity contribution in [3.05, 3.63) is 20.6 Å². The van der Waals surface area contributed by atoms with Crippen LogP contribution in [-0.4, -0.2) is 31.1 Å². The number of rotatable bonds is 4. The van der Waals surface area contributed by atoms with Crippen molar-refractivity contribution in [3.63, 3.8) is 0 Å². The van der Waals surface area contributed by atoms with Crippen molar-refractivity contribution in [2.75, 3.05) is 13.7 Å². The zero-order valence-corrected chi connectivity index (χ0v) is 13.4. The summed E-state index contributed by atoms with van der Waals surface area (Å²) in [6.45, 7) is 1.94. The Balaban J connectivity index is 2.97. The fraction of sp³-hybridized carbons (Fsp3) is 0.273. The molecule has 1 rings (SSSR count). The number of carbonyl (C=O) groups excluding carboxylic acids is 1. The molecule has 0 aromatic heterocycles. The number of carbonyl (C=O) groups is 1. The average molecular weight is 396 g/mol. The Morgan fingerprint density at radius 3 is 2.84 bits per heavy atom. The molecule has 8 heteroatoms. The van der Waals surface area contributed by atoms with Gasteiger partial charge in [0.05, 0.1) is 25.5 Å². The summed E-state index contributed by atoms with van der Waals surface area (Å²) >= 11 is 6.60. The van der Waals surface area contributed by atoms with Crippen LogP contribution in [0, 0.1) is 0 Å². The topological polar surface area (TPSA) is 80.2 Å². The van der Waals surface area contributed by atoms with Crippen LogP contribution in [0.5, 0.6) is 11.5 Å². The number of ether oxygens (including phenoxy) is 2. The van der Waals surface area contributed by atoms with Crippen molar-refractivity contribution < 1.29 is 19.4 Å². The predicted molar refractivity (Wildman–Crippen MR) is 77.8 cm³/mol. The number of aromatic hydroxyl groups is 1. The third-order valence-electron chi connectivity index (χ3n) is 2.04. The van der Waals surface area contributed by atoms with Crippen LogP contribution >= 0.6 is 31.9 Å². The second kappa shape index (κ2) is 7.34. The van der Waals surface area contributed by atoms with E-state index < -0.39 is 6.09 Å². The first-order valence-corrected chi connectivity index (χ1v) is 6.80. The second-order valence-corrected chi connectivity index (χ2v) is 4.87. The van der Waals surface area contributed by atoms with E-state index in [2.05, 4.69) is 47.1 Å². The fourth-order valence-corrected chi connectivity index (χ4v) is 2.02. The van der Waals surface area contributed by atoms with Gasteiger partial charge in [-0.05, 0) is 44.8 Å². The molecule has 0 spiro atoms. The molecule has 1 aromatic rings. The van der Waals surface area contributed by atoms with E-state index in [1.165, 1.54) is 13.3 Å². The third-order valence-corrected chi connectivity index (χ3v) is 4.05. The summed E-state index contributed by atoms with van der Waals surface area (Å²) in [6.07, 6.45) is 0.611. The zero-order chi connectivity index (χ0) is 14.4. The minimum Gasteiger partial charge on any atom is -0.504 e. The molecule has 0 fully saturated rings. The monoisotopic (exact) mass is 394 g/mol. The van der Waals surface area contributed by atoms with E-state index in [0.29, 0.717) is 14.5 Å². The van der Waals surface area contributed by atoms with Crippen LogP contribution in [0.2, 0.25) is 0 Å². The number of methoxy groups -OCH3 is 1. The van der Waals surface area contributed by atoms with Crippen LogP contribution < -0.4 is 10.2 Å². The molecule has 0 aliphatic rings. The summed E-state index contributed by atoms with van der Waals surface area (Å²) in [5.41, 5.74) is 2.53. The van der Waals surface area contributed by atoms with Gasteiger partial charge in [0.15, 0.2) is 11.5 Å². The van der Waals surface area contributed by atoms with Crippen LogP contribution in [0.25, 0.3) is 0 Å². The Bertz CT molecular complexity index is 506. The number of nitrogens with zero attached hydrogens (tertiary/aromatic N) is 1. The highest BCUT2D eigenvalue weighted by Gasteiger charge is 2.14. The molecule has 19 heavy (non-hydrogen) atoms. The molecule has 6 nitrogen and oxygen atoms in total. The highest BCUT2D eigenvalue weighted by atomic mass is 79.9. The van der Waals surface area contributed by atoms with E-state index in [9.17, 15) is 9.90 Å². The average Bonchev–Trinajstić information content (AvgIpc) is 2.38. The van der Waals surface area contributed by atoms with Gasteiger partial charge in [0, 0.05) is 8.95 Å². The summed E-state index contributed by atoms with van der Waals surface area (Å²) in [6, 6.07) is 1.61. The SMILES string of the molecule is CCOC(=O)N/N=C\c1c(O)c(OC)cc(Br)c1Br. The van der Waals surface area contributed by atoms with E-state index in [0.717, 1.165) is 0 Å². The Hall–Kier alpha value is -1.28. The molecule has 0 saturated heterocycles. The van der Waals surface area contributed by atoms with Gasteiger partial charge < -0.3 is 14.6 Å². The minimum absolute atomic E-state index is 0.0908. The molecule has 0 saturated carbocycles. The normalized spacial score (nSPS) is 10.5. The standard InChI is InChI=1S/C11H12Br2N2O4/c1-3-19-11(17)15-14-5-6-9(13)7(12)4-8(18-2)10(6)16/h4-5,16H,3H2,1-2H3,(H,15,17)/b14-5-. The Kier molecular flexibility index (Phi) is 6.10. The highest BCUT2D eigenvalue weighted by molar-refractivity contribution is 9.13. The maximum atomic E-state index is 11.0. The summed E-state index contributed by atoms with van der Waals surface area (Å²) in [5.74, 6) is 0.194. The zero-order valence-electron chi connectivity index (χ0n) is 10.2. The van der Waals surface area contributed by atoms with Crippen molar-refractivity contribution in [2.45, 2.75) is 6.92 Å². The van der Waals surface area contributed by atoms with Gasteiger partial charge in [-0.3, -0.25) is 0 Å². The van der Waals surface area contributed by atoms with E-state index in [1.54, 1.807) is 13.0 Å². The van der Waals surface area contributed by atoms with Crippen LogP contribution in [0.4, 0.5) is 4.79 Å². The van der Waals surface area contributed by atoms with Crippen LogP contribution in [0.3, 0.4) is 0 Å². The van der Waals surface area contributed by atoms with Crippen molar-refractivity contribution >= 4 is 44.2 Å². The molecule has 0 unspecified atom stereocenters. The molecule has 0 atom stereocenters. The number of phenols is 1. The van der Waals surface area contributed by atoms with Gasteiger partial charge >= 0.3 is 6.09 Å². The predicted octanol–water partition coefficient (Wildman–Crippen LogP) is 3.01. The van der Waals surface area contributed by atoms with E-state index >= 15 is 0 Å². The van der Waals surface area contributed by atoms with Crippen molar-refractivity contribution in [2.24, 2.45) is 5.10 Å². The van der Waals surface area contributed by atoms with E-state index in [4.69, 9.17) is 4.74 Å². The molecule has 2 N–H and O–H groups in total. The Morgan fingerprint density at radius 1 is 1.58 bits per heavy atom. The molecular formula is C11H12Br2N2O4. The molecule has 1 amide bonds. The van der Waals surface area contributed by atoms with Crippen LogP contribution in [0.1, 0.15) is 12.5 Å². The quantitative estimate of drug-likeness (QED) is 0.606. The van der Waals surface area contributed by atoms with Gasteiger partial charge in [-0.2, -0.15) is 5.10 Å². The maximum absolute atomic E-state index is 11.0. The maximum Gasteiger partial charge on any atom is 0.427 e. The van der Waals surface area contributed by atoms with Crippen molar-refractivity contribution in [3.8, 4) is 11.5 Å². The lowest BCUT2D eigenvalue weighted by atomic mass is 10.2. The number of hydrogen-bond acceptors (Lipinski definition) is 5. The van der Waals surface area contributed by atoms with Gasteiger partial charge in [0.1, 0.15) is 0 Å². The molecule has 0 aliphatic carbocycles. The third kappa shape index (κ3) is 4.10. The summed E-state index contributed by atoms with van der Waals surface area (Å²) < 4.78 is 10.9. The highest BCUT2D eigenvalue weighted by Crippen LogP contribution is 2.39. The lowest BCUT2D eigenvalue weighted by Crippen LogP contribution is -2.18. The van der Waals surface area contributed by atoms with Crippen molar-refractivity contribution in [1.82, 2.24) is 5.43 Å². The molecule has 0 heterocycles. The van der Waals surface area contributed by atoms with Crippen LogP contribution in [0.15, 0.2) is 20.1 Å². The number of benzene rings is 1. The first-order valence-electron chi connectivity index (χ1n) is 5.22. The Morgan fingerprint density at radius 2 is 2.26 bits per heavy atom. The molecule has 1 aromatic carbocycles. The van der Waals surface area contributed by atoms with Gasteiger partial charge in [-0.25, -0.2) is 10.2 Å². The number of phenolic OH excluding ortho intramolecular Hbond substituents is 1. The molecule has 0 bridgehead atoms. The second-order valence-electron chi connectivity index (χ2n) is 3.23. The van der Waals surface area contributed by atoms with E-state index in [1.807, 2.05) is 0 Å². The number of hydrazone groups is 1.